The second-order valence-corrected chi connectivity index (χ2v) is 4.65. The zero-order valence-electron chi connectivity index (χ0n) is 9.61. The zero-order valence-corrected chi connectivity index (χ0v) is 11.1. The number of aryl methyl sites for hydroxylation is 1. The lowest BCUT2D eigenvalue weighted by Crippen LogP contribution is -2.08. The Morgan fingerprint density at radius 3 is 2.50 bits per heavy atom. The Balaban J connectivity index is 2.19. The lowest BCUT2D eigenvalue weighted by Gasteiger charge is -2.05. The zero-order chi connectivity index (χ0) is 13.1. The van der Waals surface area contributed by atoms with Gasteiger partial charge in [0, 0.05) is 0 Å². The van der Waals surface area contributed by atoms with Crippen LogP contribution in [0.4, 0.5) is 0 Å². The van der Waals surface area contributed by atoms with Gasteiger partial charge in [-0.2, -0.15) is 0 Å². The average molecular weight is 281 g/mol. The number of ether oxygens (including phenoxy) is 1. The molecular formula is C14H10Cl2O2. The van der Waals surface area contributed by atoms with Crippen LogP contribution < -0.4 is 4.74 Å². The quantitative estimate of drug-likeness (QED) is 0.597. The van der Waals surface area contributed by atoms with Crippen LogP contribution in [0.25, 0.3) is 0 Å². The van der Waals surface area contributed by atoms with E-state index in [2.05, 4.69) is 0 Å². The van der Waals surface area contributed by atoms with Gasteiger partial charge in [0.05, 0.1) is 15.6 Å². The molecule has 2 aromatic rings. The van der Waals surface area contributed by atoms with Gasteiger partial charge in [0.15, 0.2) is 0 Å². The lowest BCUT2D eigenvalue weighted by atomic mass is 10.2. The van der Waals surface area contributed by atoms with E-state index in [1.165, 1.54) is 6.07 Å². The van der Waals surface area contributed by atoms with Crippen LogP contribution in [0, 0.1) is 6.92 Å². The predicted octanol–water partition coefficient (Wildman–Crippen LogP) is 4.52. The molecule has 2 rings (SSSR count). The molecule has 0 aliphatic carbocycles. The summed E-state index contributed by atoms with van der Waals surface area (Å²) < 4.78 is 5.24. The summed E-state index contributed by atoms with van der Waals surface area (Å²) in [5, 5.41) is 0.735. The molecule has 0 aromatic heterocycles. The average Bonchev–Trinajstić information content (AvgIpc) is 2.32. The Kier molecular flexibility index (Phi) is 3.90. The molecule has 0 atom stereocenters. The van der Waals surface area contributed by atoms with Crippen LogP contribution in [0.1, 0.15) is 15.9 Å². The van der Waals surface area contributed by atoms with E-state index in [-0.39, 0.29) is 0 Å². The summed E-state index contributed by atoms with van der Waals surface area (Å²) in [6.07, 6.45) is 0. The van der Waals surface area contributed by atoms with Crippen molar-refractivity contribution in [3.05, 3.63) is 63.6 Å². The first kappa shape index (κ1) is 12.9. The van der Waals surface area contributed by atoms with E-state index >= 15 is 0 Å². The number of rotatable bonds is 2. The summed E-state index contributed by atoms with van der Waals surface area (Å²) in [7, 11) is 0. The highest BCUT2D eigenvalue weighted by Crippen LogP contribution is 2.23. The second kappa shape index (κ2) is 5.42. The molecule has 0 saturated carbocycles. The molecule has 0 fully saturated rings. The molecule has 0 saturated heterocycles. The number of esters is 1. The Morgan fingerprint density at radius 2 is 1.83 bits per heavy atom. The number of benzene rings is 2. The smallest absolute Gasteiger partial charge is 0.343 e. The van der Waals surface area contributed by atoms with E-state index in [4.69, 9.17) is 27.9 Å². The van der Waals surface area contributed by atoms with E-state index in [9.17, 15) is 4.79 Å². The maximum atomic E-state index is 11.9. The van der Waals surface area contributed by atoms with Gasteiger partial charge in [-0.25, -0.2) is 4.79 Å². The van der Waals surface area contributed by atoms with E-state index in [0.717, 1.165) is 5.56 Å². The lowest BCUT2D eigenvalue weighted by molar-refractivity contribution is 0.0735. The first-order valence-corrected chi connectivity index (χ1v) is 6.06. The number of hydrogen-bond acceptors (Lipinski definition) is 2. The largest absolute Gasteiger partial charge is 0.423 e. The molecule has 4 heteroatoms. The molecule has 0 aliphatic heterocycles. The van der Waals surface area contributed by atoms with Gasteiger partial charge in [-0.15, -0.1) is 0 Å². The molecule has 0 aliphatic rings. The van der Waals surface area contributed by atoms with Crippen LogP contribution in [-0.2, 0) is 0 Å². The topological polar surface area (TPSA) is 26.3 Å². The summed E-state index contributed by atoms with van der Waals surface area (Å²) in [6.45, 7) is 1.93. The fourth-order valence-electron chi connectivity index (χ4n) is 1.47. The third-order valence-corrected chi connectivity index (χ3v) is 3.09. The summed E-state index contributed by atoms with van der Waals surface area (Å²) in [5.41, 5.74) is 1.39. The van der Waals surface area contributed by atoms with E-state index in [0.29, 0.717) is 21.4 Å². The summed E-state index contributed by atoms with van der Waals surface area (Å²) in [4.78, 5) is 11.9. The standard InChI is InChI=1S/C14H10Cl2O2/c1-9-3-2-4-11(7-9)18-14(17)10-5-6-12(15)13(16)8-10/h2-8H,1H3. The third-order valence-electron chi connectivity index (χ3n) is 2.36. The monoisotopic (exact) mass is 280 g/mol. The van der Waals surface area contributed by atoms with Gasteiger partial charge >= 0.3 is 5.97 Å². The van der Waals surface area contributed by atoms with Crippen molar-refractivity contribution in [3.63, 3.8) is 0 Å². The van der Waals surface area contributed by atoms with Gasteiger partial charge in [0.25, 0.3) is 0 Å². The summed E-state index contributed by atoms with van der Waals surface area (Å²) in [6, 6.07) is 11.9. The highest BCUT2D eigenvalue weighted by atomic mass is 35.5. The van der Waals surface area contributed by atoms with Crippen molar-refractivity contribution in [2.45, 2.75) is 6.92 Å². The van der Waals surface area contributed by atoms with Crippen LogP contribution >= 0.6 is 23.2 Å². The van der Waals surface area contributed by atoms with Crippen LogP contribution in [0.3, 0.4) is 0 Å². The van der Waals surface area contributed by atoms with Crippen LogP contribution in [-0.4, -0.2) is 5.97 Å². The van der Waals surface area contributed by atoms with E-state index < -0.39 is 5.97 Å². The van der Waals surface area contributed by atoms with Gasteiger partial charge < -0.3 is 4.74 Å². The third kappa shape index (κ3) is 3.03. The Hall–Kier alpha value is -1.51. The molecule has 0 unspecified atom stereocenters. The molecule has 0 heterocycles. The maximum absolute atomic E-state index is 11.9. The molecule has 0 radical (unpaired) electrons. The minimum atomic E-state index is -0.459. The number of hydrogen-bond donors (Lipinski definition) is 0. The van der Waals surface area contributed by atoms with Crippen molar-refractivity contribution in [3.8, 4) is 5.75 Å². The number of carbonyl (C=O) groups excluding carboxylic acids is 1. The van der Waals surface area contributed by atoms with Crippen LogP contribution in [0.2, 0.25) is 10.0 Å². The van der Waals surface area contributed by atoms with Crippen LogP contribution in [0.15, 0.2) is 42.5 Å². The van der Waals surface area contributed by atoms with Gasteiger partial charge in [-0.3, -0.25) is 0 Å². The fourth-order valence-corrected chi connectivity index (χ4v) is 1.77. The van der Waals surface area contributed by atoms with Crippen molar-refractivity contribution >= 4 is 29.2 Å². The fraction of sp³-hybridized carbons (Fsp3) is 0.0714. The molecule has 18 heavy (non-hydrogen) atoms. The predicted molar refractivity (Wildman–Crippen MR) is 72.6 cm³/mol. The Morgan fingerprint density at radius 1 is 1.06 bits per heavy atom. The first-order chi connectivity index (χ1) is 8.56. The van der Waals surface area contributed by atoms with Gasteiger partial charge in [0.1, 0.15) is 5.75 Å². The number of halogens is 2. The highest BCUT2D eigenvalue weighted by molar-refractivity contribution is 6.42. The van der Waals surface area contributed by atoms with Crippen molar-refractivity contribution in [1.82, 2.24) is 0 Å². The molecule has 0 bridgehead atoms. The van der Waals surface area contributed by atoms with Gasteiger partial charge in [-0.05, 0) is 42.8 Å². The van der Waals surface area contributed by atoms with Gasteiger partial charge in [0.2, 0.25) is 0 Å². The molecule has 0 amide bonds. The van der Waals surface area contributed by atoms with Crippen molar-refractivity contribution in [2.75, 3.05) is 0 Å². The minimum absolute atomic E-state index is 0.329. The molecule has 2 aromatic carbocycles. The first-order valence-electron chi connectivity index (χ1n) is 5.30. The van der Waals surface area contributed by atoms with E-state index in [1.807, 2.05) is 19.1 Å². The molecule has 92 valence electrons. The van der Waals surface area contributed by atoms with Crippen LogP contribution in [0.5, 0.6) is 5.75 Å². The maximum Gasteiger partial charge on any atom is 0.343 e. The van der Waals surface area contributed by atoms with E-state index in [1.54, 1.807) is 24.3 Å². The van der Waals surface area contributed by atoms with Crippen molar-refractivity contribution in [1.29, 1.82) is 0 Å². The Labute approximate surface area is 115 Å². The molecular weight excluding hydrogens is 271 g/mol. The summed E-state index contributed by atoms with van der Waals surface area (Å²) >= 11 is 11.6. The van der Waals surface area contributed by atoms with Crippen molar-refractivity contribution < 1.29 is 9.53 Å². The molecule has 2 nitrogen and oxygen atoms in total. The number of carbonyl (C=O) groups is 1. The molecule has 0 spiro atoms. The van der Waals surface area contributed by atoms with Gasteiger partial charge in [-0.1, -0.05) is 35.3 Å². The highest BCUT2D eigenvalue weighted by Gasteiger charge is 2.10. The molecule has 0 N–H and O–H groups in total. The minimum Gasteiger partial charge on any atom is -0.423 e. The second-order valence-electron chi connectivity index (χ2n) is 3.83. The SMILES string of the molecule is Cc1cccc(OC(=O)c2ccc(Cl)c(Cl)c2)c1. The normalized spacial score (nSPS) is 10.2. The van der Waals surface area contributed by atoms with Crippen molar-refractivity contribution in [2.24, 2.45) is 0 Å². The summed E-state index contributed by atoms with van der Waals surface area (Å²) in [5.74, 6) is 0.0465. The Bertz CT molecular complexity index is 594.